The van der Waals surface area contributed by atoms with Crippen molar-refractivity contribution in [3.05, 3.63) is 65.9 Å². The number of methoxy groups -OCH3 is 1. The Hall–Kier alpha value is -3.61. The Labute approximate surface area is 163 Å². The molecule has 0 spiro atoms. The molecular weight excluding hydrogens is 356 g/mol. The monoisotopic (exact) mass is 378 g/mol. The lowest BCUT2D eigenvalue weighted by Gasteiger charge is -2.04. The third kappa shape index (κ3) is 4.56. The highest BCUT2D eigenvalue weighted by Crippen LogP contribution is 2.22. The predicted octanol–water partition coefficient (Wildman–Crippen LogP) is 3.64. The van der Waals surface area contributed by atoms with Crippen molar-refractivity contribution in [1.82, 2.24) is 15.6 Å². The minimum atomic E-state index is -0.368. The second-order valence-corrected chi connectivity index (χ2v) is 5.99. The van der Waals surface area contributed by atoms with E-state index in [1.807, 2.05) is 62.4 Å². The minimum Gasteiger partial charge on any atom is -0.497 e. The zero-order chi connectivity index (χ0) is 19.9. The summed E-state index contributed by atoms with van der Waals surface area (Å²) in [4.78, 5) is 12.4. The second kappa shape index (κ2) is 8.85. The van der Waals surface area contributed by atoms with Crippen molar-refractivity contribution in [3.63, 3.8) is 0 Å². The molecule has 0 saturated carbocycles. The molecule has 0 aliphatic heterocycles. The molecule has 0 bridgehead atoms. The summed E-state index contributed by atoms with van der Waals surface area (Å²) in [7, 11) is 1.61. The number of amides is 1. The molecule has 0 aliphatic carbocycles. The summed E-state index contributed by atoms with van der Waals surface area (Å²) >= 11 is 0. The molecule has 0 radical (unpaired) electrons. The normalized spacial score (nSPS) is 11.2. The molecule has 2 N–H and O–H groups in total. The van der Waals surface area contributed by atoms with Crippen molar-refractivity contribution in [1.29, 1.82) is 0 Å². The van der Waals surface area contributed by atoms with E-state index in [1.165, 1.54) is 0 Å². The third-order valence-electron chi connectivity index (χ3n) is 4.10. The van der Waals surface area contributed by atoms with Gasteiger partial charge in [0.25, 0.3) is 5.91 Å². The smallest absolute Gasteiger partial charge is 0.289 e. The van der Waals surface area contributed by atoms with Crippen LogP contribution in [0.1, 0.15) is 29.9 Å². The van der Waals surface area contributed by atoms with E-state index in [2.05, 4.69) is 20.7 Å². The van der Waals surface area contributed by atoms with Crippen LogP contribution in [0.15, 0.2) is 59.7 Å². The lowest BCUT2D eigenvalue weighted by molar-refractivity contribution is 0.0950. The zero-order valence-corrected chi connectivity index (χ0v) is 16.0. The molecule has 1 heterocycles. The molecule has 0 fully saturated rings. The van der Waals surface area contributed by atoms with Gasteiger partial charge in [-0.05, 0) is 61.9 Å². The molecule has 3 aromatic rings. The number of carbonyl (C=O) groups excluding carboxylic acids is 1. The van der Waals surface area contributed by atoms with Gasteiger partial charge in [-0.1, -0.05) is 12.1 Å². The first kappa shape index (κ1) is 19.2. The van der Waals surface area contributed by atoms with E-state index in [0.717, 1.165) is 22.6 Å². The van der Waals surface area contributed by atoms with Crippen LogP contribution in [0.25, 0.3) is 11.3 Å². The van der Waals surface area contributed by atoms with Gasteiger partial charge in [-0.3, -0.25) is 9.89 Å². The van der Waals surface area contributed by atoms with Crippen LogP contribution in [0.2, 0.25) is 0 Å². The van der Waals surface area contributed by atoms with Gasteiger partial charge in [-0.2, -0.15) is 10.2 Å². The number of aromatic nitrogens is 2. The van der Waals surface area contributed by atoms with Gasteiger partial charge in [-0.25, -0.2) is 5.43 Å². The molecular formula is C21H22N4O3. The SMILES string of the molecule is CCOc1cccc(-c2cc(C(=O)NN=C(C)c3ccc(OC)cc3)[nH]n2)c1. The first-order valence-corrected chi connectivity index (χ1v) is 8.88. The average Bonchev–Trinajstić information content (AvgIpc) is 3.23. The van der Waals surface area contributed by atoms with Gasteiger partial charge in [0.05, 0.1) is 25.1 Å². The van der Waals surface area contributed by atoms with Crippen molar-refractivity contribution in [2.24, 2.45) is 5.10 Å². The van der Waals surface area contributed by atoms with E-state index >= 15 is 0 Å². The molecule has 1 amide bonds. The number of aromatic amines is 1. The Morgan fingerprint density at radius 1 is 1.14 bits per heavy atom. The lowest BCUT2D eigenvalue weighted by atomic mass is 10.1. The van der Waals surface area contributed by atoms with Crippen molar-refractivity contribution in [2.75, 3.05) is 13.7 Å². The summed E-state index contributed by atoms with van der Waals surface area (Å²) in [6.45, 7) is 4.33. The Balaban J connectivity index is 1.69. The van der Waals surface area contributed by atoms with Crippen LogP contribution in [0.5, 0.6) is 11.5 Å². The topological polar surface area (TPSA) is 88.6 Å². The number of hydrogen-bond donors (Lipinski definition) is 2. The summed E-state index contributed by atoms with van der Waals surface area (Å²) in [6, 6.07) is 16.7. The molecule has 2 aromatic carbocycles. The maximum absolute atomic E-state index is 12.4. The van der Waals surface area contributed by atoms with E-state index in [-0.39, 0.29) is 5.91 Å². The minimum absolute atomic E-state index is 0.322. The van der Waals surface area contributed by atoms with Gasteiger partial charge in [-0.15, -0.1) is 0 Å². The molecule has 0 aliphatic rings. The molecule has 144 valence electrons. The number of rotatable bonds is 7. The lowest BCUT2D eigenvalue weighted by Crippen LogP contribution is -2.19. The fourth-order valence-corrected chi connectivity index (χ4v) is 2.59. The Bertz CT molecular complexity index is 977. The number of nitrogens with zero attached hydrogens (tertiary/aromatic N) is 2. The van der Waals surface area contributed by atoms with Crippen LogP contribution < -0.4 is 14.9 Å². The maximum Gasteiger partial charge on any atom is 0.289 e. The summed E-state index contributed by atoms with van der Waals surface area (Å²) in [5.74, 6) is 1.15. The first-order valence-electron chi connectivity index (χ1n) is 8.88. The standard InChI is InChI=1S/C21H22N4O3/c1-4-28-18-7-5-6-16(12-18)19-13-20(24-23-19)21(26)25-22-14(2)15-8-10-17(27-3)11-9-15/h5-13H,4H2,1-3H3,(H,23,24)(H,25,26). The number of carbonyl (C=O) groups is 1. The highest BCUT2D eigenvalue weighted by atomic mass is 16.5. The summed E-state index contributed by atoms with van der Waals surface area (Å²) in [5.41, 5.74) is 5.95. The van der Waals surface area contributed by atoms with Gasteiger partial charge >= 0.3 is 0 Å². The molecule has 3 rings (SSSR count). The number of ether oxygens (including phenoxy) is 2. The maximum atomic E-state index is 12.4. The van der Waals surface area contributed by atoms with E-state index in [0.29, 0.717) is 23.7 Å². The number of H-pyrrole nitrogens is 1. The Kier molecular flexibility index (Phi) is 6.06. The fraction of sp³-hybridized carbons (Fsp3) is 0.190. The largest absolute Gasteiger partial charge is 0.497 e. The molecule has 0 atom stereocenters. The number of hydrazone groups is 1. The zero-order valence-electron chi connectivity index (χ0n) is 16.0. The molecule has 28 heavy (non-hydrogen) atoms. The van der Waals surface area contributed by atoms with Gasteiger partial charge in [0.2, 0.25) is 0 Å². The first-order chi connectivity index (χ1) is 13.6. The number of hydrogen-bond acceptors (Lipinski definition) is 5. The Morgan fingerprint density at radius 3 is 2.64 bits per heavy atom. The van der Waals surface area contributed by atoms with Crippen molar-refractivity contribution in [2.45, 2.75) is 13.8 Å². The van der Waals surface area contributed by atoms with Crippen molar-refractivity contribution in [3.8, 4) is 22.8 Å². The van der Waals surface area contributed by atoms with Crippen LogP contribution in [0.3, 0.4) is 0 Å². The number of nitrogens with one attached hydrogen (secondary N) is 2. The van der Waals surface area contributed by atoms with Gasteiger partial charge in [0, 0.05) is 5.56 Å². The quantitative estimate of drug-likeness (QED) is 0.485. The van der Waals surface area contributed by atoms with E-state index in [9.17, 15) is 4.79 Å². The summed E-state index contributed by atoms with van der Waals surface area (Å²) in [6.07, 6.45) is 0. The van der Waals surface area contributed by atoms with Gasteiger partial charge in [0.1, 0.15) is 17.2 Å². The van der Waals surface area contributed by atoms with Crippen LogP contribution in [-0.4, -0.2) is 35.5 Å². The molecule has 0 saturated heterocycles. The highest BCUT2D eigenvalue weighted by Gasteiger charge is 2.11. The average molecular weight is 378 g/mol. The van der Waals surface area contributed by atoms with Crippen molar-refractivity contribution < 1.29 is 14.3 Å². The van der Waals surface area contributed by atoms with Gasteiger partial charge < -0.3 is 9.47 Å². The van der Waals surface area contributed by atoms with E-state index in [4.69, 9.17) is 9.47 Å². The molecule has 7 nitrogen and oxygen atoms in total. The highest BCUT2D eigenvalue weighted by molar-refractivity contribution is 6.00. The third-order valence-corrected chi connectivity index (χ3v) is 4.10. The fourth-order valence-electron chi connectivity index (χ4n) is 2.59. The van der Waals surface area contributed by atoms with Crippen LogP contribution in [0, 0.1) is 0 Å². The van der Waals surface area contributed by atoms with Crippen LogP contribution in [0.4, 0.5) is 0 Å². The number of benzene rings is 2. The molecule has 1 aromatic heterocycles. The molecule has 7 heteroatoms. The summed E-state index contributed by atoms with van der Waals surface area (Å²) < 4.78 is 10.6. The van der Waals surface area contributed by atoms with E-state index in [1.54, 1.807) is 13.2 Å². The second-order valence-electron chi connectivity index (χ2n) is 5.99. The van der Waals surface area contributed by atoms with E-state index < -0.39 is 0 Å². The predicted molar refractivity (Wildman–Crippen MR) is 108 cm³/mol. The van der Waals surface area contributed by atoms with Crippen molar-refractivity contribution >= 4 is 11.6 Å². The molecule has 0 unspecified atom stereocenters. The summed E-state index contributed by atoms with van der Waals surface area (Å²) in [5, 5.41) is 11.1. The van der Waals surface area contributed by atoms with Crippen LogP contribution >= 0.6 is 0 Å². The van der Waals surface area contributed by atoms with Gasteiger partial charge in [0.15, 0.2) is 0 Å². The van der Waals surface area contributed by atoms with Crippen LogP contribution in [-0.2, 0) is 0 Å². The Morgan fingerprint density at radius 2 is 1.93 bits per heavy atom.